The molecule has 2 aromatic carbocycles. The molecule has 0 aromatic heterocycles. The molecule has 0 atom stereocenters. The average molecular weight is 222 g/mol. The van der Waals surface area contributed by atoms with Crippen molar-refractivity contribution < 1.29 is 0 Å². The summed E-state index contributed by atoms with van der Waals surface area (Å²) >= 11 is 0. The van der Waals surface area contributed by atoms with Gasteiger partial charge in [-0.15, -0.1) is 0 Å². The second kappa shape index (κ2) is 5.49. The van der Waals surface area contributed by atoms with E-state index >= 15 is 0 Å². The van der Waals surface area contributed by atoms with Crippen LogP contribution in [0.1, 0.15) is 25.3 Å². The van der Waals surface area contributed by atoms with E-state index < -0.39 is 0 Å². The molecule has 2 aromatic rings. The Labute approximate surface area is 103 Å². The van der Waals surface area contributed by atoms with Crippen molar-refractivity contribution in [1.82, 2.24) is 0 Å². The van der Waals surface area contributed by atoms with E-state index in [1.807, 2.05) is 0 Å². The van der Waals surface area contributed by atoms with Crippen molar-refractivity contribution >= 4 is 10.8 Å². The van der Waals surface area contributed by atoms with Gasteiger partial charge in [0, 0.05) is 0 Å². The highest BCUT2D eigenvalue weighted by atomic mass is 14.0. The summed E-state index contributed by atoms with van der Waals surface area (Å²) in [4.78, 5) is 0. The van der Waals surface area contributed by atoms with E-state index in [4.69, 9.17) is 0 Å². The van der Waals surface area contributed by atoms with Crippen molar-refractivity contribution in [2.45, 2.75) is 19.8 Å². The van der Waals surface area contributed by atoms with Crippen LogP contribution in [0.3, 0.4) is 0 Å². The van der Waals surface area contributed by atoms with E-state index in [0.717, 1.165) is 0 Å². The van der Waals surface area contributed by atoms with Crippen molar-refractivity contribution in [2.24, 2.45) is 0 Å². The molecule has 0 saturated heterocycles. The number of rotatable bonds is 1. The fourth-order valence-corrected chi connectivity index (χ4v) is 1.84. The van der Waals surface area contributed by atoms with Crippen LogP contribution >= 0.6 is 0 Å². The van der Waals surface area contributed by atoms with Gasteiger partial charge in [0.1, 0.15) is 0 Å². The fraction of sp³-hybridized carbons (Fsp3) is 0.176. The van der Waals surface area contributed by atoms with Crippen LogP contribution in [-0.2, 0) is 0 Å². The Balaban J connectivity index is 2.78. The van der Waals surface area contributed by atoms with Crippen molar-refractivity contribution in [3.05, 3.63) is 72.3 Å². The molecule has 0 heteroatoms. The molecule has 0 amide bonds. The van der Waals surface area contributed by atoms with Crippen LogP contribution in [0.4, 0.5) is 0 Å². The van der Waals surface area contributed by atoms with Gasteiger partial charge in [-0.25, -0.2) is 0 Å². The second-order valence-corrected chi connectivity index (χ2v) is 4.53. The van der Waals surface area contributed by atoms with E-state index in [0.29, 0.717) is 5.92 Å². The Kier molecular flexibility index (Phi) is 3.77. The fourth-order valence-electron chi connectivity index (χ4n) is 1.84. The maximum atomic E-state index is 2.28. The zero-order valence-electron chi connectivity index (χ0n) is 10.4. The monoisotopic (exact) mass is 222 g/mol. The quantitative estimate of drug-likeness (QED) is 0.630. The first kappa shape index (κ1) is 11.7. The molecule has 0 nitrogen and oxygen atoms in total. The van der Waals surface area contributed by atoms with E-state index in [-0.39, 0.29) is 0 Å². The second-order valence-electron chi connectivity index (χ2n) is 4.53. The minimum absolute atomic E-state index is 0.538. The molecular weight excluding hydrogens is 204 g/mol. The Morgan fingerprint density at radius 3 is 1.82 bits per heavy atom. The van der Waals surface area contributed by atoms with Crippen LogP contribution in [0, 0.1) is 0 Å². The van der Waals surface area contributed by atoms with Gasteiger partial charge in [-0.1, -0.05) is 80.6 Å². The van der Waals surface area contributed by atoms with Crippen LogP contribution in [0.5, 0.6) is 0 Å². The predicted molar refractivity (Wildman–Crippen MR) is 75.7 cm³/mol. The molecule has 0 saturated carbocycles. The summed E-state index contributed by atoms with van der Waals surface area (Å²) in [6.45, 7) is 4.45. The number of hydrogen-bond donors (Lipinski definition) is 0. The third-order valence-corrected chi connectivity index (χ3v) is 2.88. The number of benzene rings is 1. The lowest BCUT2D eigenvalue weighted by Gasteiger charge is -2.03. The molecule has 0 unspecified atom stereocenters. The average Bonchev–Trinajstić information content (AvgIpc) is 2.34. The van der Waals surface area contributed by atoms with E-state index in [2.05, 4.69) is 80.6 Å². The van der Waals surface area contributed by atoms with E-state index in [1.165, 1.54) is 16.3 Å². The number of hydrogen-bond acceptors (Lipinski definition) is 0. The van der Waals surface area contributed by atoms with Crippen LogP contribution in [0.2, 0.25) is 0 Å². The minimum atomic E-state index is 0.538. The summed E-state index contributed by atoms with van der Waals surface area (Å²) in [5, 5.41) is 2.55. The maximum absolute atomic E-state index is 2.28. The molecule has 0 N–H and O–H groups in total. The molecule has 0 aliphatic carbocycles. The predicted octanol–water partition coefficient (Wildman–Crippen LogP) is 5.09. The molecule has 0 spiro atoms. The number of fused-ring (bicyclic) bond motifs is 1. The van der Waals surface area contributed by atoms with Gasteiger partial charge in [0.05, 0.1) is 0 Å². The van der Waals surface area contributed by atoms with Crippen LogP contribution in [0.15, 0.2) is 66.7 Å². The van der Waals surface area contributed by atoms with Crippen LogP contribution in [0.25, 0.3) is 10.8 Å². The summed E-state index contributed by atoms with van der Waals surface area (Å²) < 4.78 is 0. The van der Waals surface area contributed by atoms with Crippen molar-refractivity contribution in [3.8, 4) is 0 Å². The van der Waals surface area contributed by atoms with Crippen molar-refractivity contribution in [2.75, 3.05) is 0 Å². The van der Waals surface area contributed by atoms with Crippen molar-refractivity contribution in [1.29, 1.82) is 0 Å². The first-order chi connectivity index (χ1) is 8.27. The standard InChI is InChI=1S/C17H18/c1-14(2)16-11-6-4-3-5-9-15-10-7-8-12-17(15)13-16/h3-14H,1-2H3. The maximum Gasteiger partial charge on any atom is -0.0181 e. The van der Waals surface area contributed by atoms with E-state index in [9.17, 15) is 0 Å². The smallest absolute Gasteiger partial charge is 0.0181 e. The highest BCUT2D eigenvalue weighted by Gasteiger charge is 1.96. The Bertz CT molecular complexity index is 551. The topological polar surface area (TPSA) is 0 Å². The summed E-state index contributed by atoms with van der Waals surface area (Å²) in [5.41, 5.74) is 1.36. The van der Waals surface area contributed by atoms with Gasteiger partial charge in [0.15, 0.2) is 0 Å². The first-order valence-corrected chi connectivity index (χ1v) is 6.09. The summed E-state index contributed by atoms with van der Waals surface area (Å²) in [5.74, 6) is 0.538. The van der Waals surface area contributed by atoms with Crippen LogP contribution in [-0.4, -0.2) is 0 Å². The molecule has 2 rings (SSSR count). The minimum Gasteiger partial charge on any atom is -0.0623 e. The normalized spacial score (nSPS) is 10.3. The molecular formula is C17H18. The lowest BCUT2D eigenvalue weighted by Crippen LogP contribution is -1.83. The SMILES string of the molecule is CC(C)c1ccccccc2ccccc2c1. The lowest BCUT2D eigenvalue weighted by atomic mass is 10.0. The van der Waals surface area contributed by atoms with Gasteiger partial charge in [-0.2, -0.15) is 0 Å². The van der Waals surface area contributed by atoms with Gasteiger partial charge >= 0.3 is 0 Å². The molecule has 86 valence electrons. The third-order valence-electron chi connectivity index (χ3n) is 2.88. The largest absolute Gasteiger partial charge is 0.0623 e. The molecule has 0 heterocycles. The lowest BCUT2D eigenvalue weighted by molar-refractivity contribution is 0.869. The molecule has 0 radical (unpaired) electrons. The Morgan fingerprint density at radius 2 is 1.18 bits per heavy atom. The summed E-state index contributed by atoms with van der Waals surface area (Å²) in [7, 11) is 0. The summed E-state index contributed by atoms with van der Waals surface area (Å²) in [6, 6.07) is 23.4. The molecule has 17 heavy (non-hydrogen) atoms. The highest BCUT2D eigenvalue weighted by molar-refractivity contribution is 5.81. The molecule has 0 aliphatic heterocycles. The van der Waals surface area contributed by atoms with E-state index in [1.54, 1.807) is 0 Å². The molecule has 0 aliphatic rings. The zero-order chi connectivity index (χ0) is 12.1. The summed E-state index contributed by atoms with van der Waals surface area (Å²) in [6.07, 6.45) is 0. The van der Waals surface area contributed by atoms with Gasteiger partial charge in [-0.3, -0.25) is 0 Å². The van der Waals surface area contributed by atoms with Crippen LogP contribution < -0.4 is 0 Å². The third kappa shape index (κ3) is 3.07. The van der Waals surface area contributed by atoms with Gasteiger partial charge in [0.2, 0.25) is 0 Å². The Morgan fingerprint density at radius 1 is 0.647 bits per heavy atom. The molecule has 0 bridgehead atoms. The first-order valence-electron chi connectivity index (χ1n) is 6.09. The van der Waals surface area contributed by atoms with Crippen molar-refractivity contribution in [3.63, 3.8) is 0 Å². The van der Waals surface area contributed by atoms with Gasteiger partial charge < -0.3 is 0 Å². The Hall–Kier alpha value is -1.82. The highest BCUT2D eigenvalue weighted by Crippen LogP contribution is 2.17. The molecule has 0 fully saturated rings. The van der Waals surface area contributed by atoms with Gasteiger partial charge in [-0.05, 0) is 22.3 Å². The van der Waals surface area contributed by atoms with Gasteiger partial charge in [0.25, 0.3) is 0 Å². The zero-order valence-corrected chi connectivity index (χ0v) is 10.4.